The van der Waals surface area contributed by atoms with Crippen LogP contribution in [-0.4, -0.2) is 76.2 Å². The summed E-state index contributed by atoms with van der Waals surface area (Å²) in [7, 11) is 5.38. The Kier molecular flexibility index (Phi) is 6.28. The van der Waals surface area contributed by atoms with E-state index in [9.17, 15) is 5.11 Å². The van der Waals surface area contributed by atoms with Crippen molar-refractivity contribution in [3.05, 3.63) is 29.6 Å². The van der Waals surface area contributed by atoms with Gasteiger partial charge >= 0.3 is 0 Å². The summed E-state index contributed by atoms with van der Waals surface area (Å²) in [6.45, 7) is 2.81. The van der Waals surface area contributed by atoms with Crippen molar-refractivity contribution in [3.63, 3.8) is 0 Å². The van der Waals surface area contributed by atoms with Crippen LogP contribution in [0.15, 0.2) is 23.9 Å². The van der Waals surface area contributed by atoms with E-state index in [4.69, 9.17) is 14.5 Å². The zero-order valence-electron chi connectivity index (χ0n) is 18.5. The topological polar surface area (TPSA) is 112 Å². The molecule has 168 valence electrons. The normalized spacial score (nSPS) is 22.4. The molecular formula is C21H31N7O3. The van der Waals surface area contributed by atoms with Gasteiger partial charge in [0.15, 0.2) is 5.82 Å². The smallest absolute Gasteiger partial charge is 0.230 e. The van der Waals surface area contributed by atoms with Crippen molar-refractivity contribution in [2.75, 3.05) is 38.1 Å². The number of ether oxygens (including phenoxy) is 2. The number of nitrogens with one attached hydrogen (secondary N) is 2. The van der Waals surface area contributed by atoms with Crippen LogP contribution in [0.4, 0.5) is 17.6 Å². The number of piperidine rings is 1. The van der Waals surface area contributed by atoms with Crippen molar-refractivity contribution in [1.29, 1.82) is 0 Å². The molecule has 1 saturated heterocycles. The number of anilines is 3. The van der Waals surface area contributed by atoms with E-state index in [1.54, 1.807) is 26.4 Å². The van der Waals surface area contributed by atoms with Crippen LogP contribution in [0.25, 0.3) is 0 Å². The summed E-state index contributed by atoms with van der Waals surface area (Å²) in [4.78, 5) is 13.9. The molecule has 0 spiro atoms. The lowest BCUT2D eigenvalue weighted by molar-refractivity contribution is 0.0872. The van der Waals surface area contributed by atoms with Gasteiger partial charge in [-0.15, -0.1) is 0 Å². The molecule has 10 heteroatoms. The first-order valence-corrected chi connectivity index (χ1v) is 10.6. The summed E-state index contributed by atoms with van der Waals surface area (Å²) >= 11 is 0. The molecule has 1 fully saturated rings. The van der Waals surface area contributed by atoms with Gasteiger partial charge in [-0.3, -0.25) is 5.10 Å². The number of hydrogen-bond donors (Lipinski definition) is 3. The van der Waals surface area contributed by atoms with Crippen LogP contribution < -0.4 is 15.0 Å². The lowest BCUT2D eigenvalue weighted by Gasteiger charge is -2.53. The number of aliphatic hydroxyl groups excluding tert-OH is 1. The van der Waals surface area contributed by atoms with Crippen LogP contribution >= 0.6 is 0 Å². The molecule has 31 heavy (non-hydrogen) atoms. The highest BCUT2D eigenvalue weighted by Gasteiger charge is 2.42. The minimum absolute atomic E-state index is 0.103. The van der Waals surface area contributed by atoms with Crippen LogP contribution in [-0.2, 0) is 11.3 Å². The molecule has 2 aromatic heterocycles. The van der Waals surface area contributed by atoms with Gasteiger partial charge < -0.3 is 29.7 Å². The Labute approximate surface area is 182 Å². The molecule has 3 N–H and O–H groups in total. The second kappa shape index (κ2) is 9.11. The second-order valence-corrected chi connectivity index (χ2v) is 8.06. The van der Waals surface area contributed by atoms with E-state index in [1.165, 1.54) is 5.57 Å². The fraction of sp³-hybridized carbons (Fsp3) is 0.571. The van der Waals surface area contributed by atoms with Crippen LogP contribution in [0.3, 0.4) is 0 Å². The van der Waals surface area contributed by atoms with Crippen LogP contribution in [0, 0.1) is 0 Å². The zero-order chi connectivity index (χ0) is 22.0. The molecule has 2 aliphatic rings. The van der Waals surface area contributed by atoms with Gasteiger partial charge in [0.25, 0.3) is 0 Å². The van der Waals surface area contributed by atoms with Gasteiger partial charge in [-0.25, -0.2) is 0 Å². The summed E-state index contributed by atoms with van der Waals surface area (Å²) < 4.78 is 10.8. The molecule has 0 unspecified atom stereocenters. The van der Waals surface area contributed by atoms with E-state index in [1.807, 2.05) is 7.05 Å². The average molecular weight is 430 g/mol. The van der Waals surface area contributed by atoms with Gasteiger partial charge in [-0.05, 0) is 24.8 Å². The second-order valence-electron chi connectivity index (χ2n) is 8.06. The number of hydrogen-bond acceptors (Lipinski definition) is 9. The van der Waals surface area contributed by atoms with Gasteiger partial charge in [0.05, 0.1) is 32.1 Å². The predicted molar refractivity (Wildman–Crippen MR) is 117 cm³/mol. The number of aliphatic hydroxyl groups is 1. The average Bonchev–Trinajstić information content (AvgIpc) is 3.24. The van der Waals surface area contributed by atoms with E-state index in [0.717, 1.165) is 19.3 Å². The van der Waals surface area contributed by atoms with E-state index < -0.39 is 0 Å². The first-order valence-electron chi connectivity index (χ1n) is 10.6. The SMILES string of the molecule is CC[C@H]1C[C@H](N(C)c2nc(Nc3cc(CO)[nH]n3)cc(OC)n2)C[C@H]2C(COC)=CN12. The van der Waals surface area contributed by atoms with E-state index >= 15 is 0 Å². The Morgan fingerprint density at radius 3 is 2.77 bits per heavy atom. The predicted octanol–water partition coefficient (Wildman–Crippen LogP) is 2.04. The fourth-order valence-electron chi connectivity index (χ4n) is 4.43. The van der Waals surface area contributed by atoms with Gasteiger partial charge in [-0.1, -0.05) is 6.92 Å². The highest BCUT2D eigenvalue weighted by atomic mass is 16.5. The van der Waals surface area contributed by atoms with Crippen molar-refractivity contribution in [2.45, 2.75) is 50.9 Å². The molecule has 10 nitrogen and oxygen atoms in total. The number of aromatic amines is 1. The first kappa shape index (κ1) is 21.4. The third kappa shape index (κ3) is 4.31. The maximum atomic E-state index is 9.23. The molecule has 4 rings (SSSR count). The first-order chi connectivity index (χ1) is 15.1. The van der Waals surface area contributed by atoms with E-state index in [0.29, 0.717) is 53.9 Å². The molecule has 0 amide bonds. The number of aromatic nitrogens is 4. The highest BCUT2D eigenvalue weighted by Crippen LogP contribution is 2.39. The molecular weight excluding hydrogens is 398 g/mol. The molecule has 2 aliphatic heterocycles. The van der Waals surface area contributed by atoms with Crippen molar-refractivity contribution < 1.29 is 14.6 Å². The Morgan fingerprint density at radius 2 is 2.10 bits per heavy atom. The number of methoxy groups -OCH3 is 2. The molecule has 0 aromatic carbocycles. The maximum absolute atomic E-state index is 9.23. The van der Waals surface area contributed by atoms with Crippen molar-refractivity contribution in [1.82, 2.24) is 25.1 Å². The minimum Gasteiger partial charge on any atom is -0.481 e. The van der Waals surface area contributed by atoms with Gasteiger partial charge in [-0.2, -0.15) is 15.1 Å². The van der Waals surface area contributed by atoms with Gasteiger partial charge in [0.1, 0.15) is 5.82 Å². The van der Waals surface area contributed by atoms with Crippen molar-refractivity contribution in [3.8, 4) is 5.88 Å². The number of nitrogens with zero attached hydrogens (tertiary/aromatic N) is 5. The fourth-order valence-corrected chi connectivity index (χ4v) is 4.43. The summed E-state index contributed by atoms with van der Waals surface area (Å²) in [5.41, 5.74) is 1.98. The molecule has 0 aliphatic carbocycles. The van der Waals surface area contributed by atoms with Crippen LogP contribution in [0.2, 0.25) is 0 Å². The quantitative estimate of drug-likeness (QED) is 0.551. The van der Waals surface area contributed by atoms with Crippen molar-refractivity contribution in [2.24, 2.45) is 0 Å². The summed E-state index contributed by atoms with van der Waals surface area (Å²) in [6.07, 6.45) is 5.40. The molecule has 0 saturated carbocycles. The van der Waals surface area contributed by atoms with Crippen LogP contribution in [0.5, 0.6) is 5.88 Å². The largest absolute Gasteiger partial charge is 0.481 e. The van der Waals surface area contributed by atoms with E-state index in [-0.39, 0.29) is 6.61 Å². The summed E-state index contributed by atoms with van der Waals surface area (Å²) in [6, 6.07) is 4.68. The third-order valence-corrected chi connectivity index (χ3v) is 6.17. The Balaban J connectivity index is 1.54. The molecule has 0 bridgehead atoms. The standard InChI is InChI=1S/C21H31N7O3/c1-5-15-7-16(8-17-13(12-30-3)10-28(15)17)27(2)21-23-18(9-20(24-21)31-4)22-19-6-14(11-29)25-26-19/h6,9-10,15-17,29H,5,7-8,11-12H2,1-4H3,(H2,22,23,24,25,26)/t15-,16-,17-/m0/s1. The van der Waals surface area contributed by atoms with Crippen molar-refractivity contribution >= 4 is 17.6 Å². The molecule has 3 atom stereocenters. The Bertz CT molecular complexity index is 931. The Morgan fingerprint density at radius 1 is 1.26 bits per heavy atom. The summed E-state index contributed by atoms with van der Waals surface area (Å²) in [5, 5.41) is 19.3. The Hall–Kier alpha value is -2.85. The molecule has 4 heterocycles. The highest BCUT2D eigenvalue weighted by molar-refractivity contribution is 5.55. The third-order valence-electron chi connectivity index (χ3n) is 6.17. The lowest BCUT2D eigenvalue weighted by atomic mass is 9.82. The molecule has 2 aromatic rings. The number of H-pyrrole nitrogens is 1. The number of rotatable bonds is 9. The summed E-state index contributed by atoms with van der Waals surface area (Å²) in [5.74, 6) is 2.23. The molecule has 0 radical (unpaired) electrons. The van der Waals surface area contributed by atoms with Gasteiger partial charge in [0.2, 0.25) is 11.8 Å². The van der Waals surface area contributed by atoms with Gasteiger partial charge in [0, 0.05) is 44.6 Å². The zero-order valence-corrected chi connectivity index (χ0v) is 18.5. The minimum atomic E-state index is -0.103. The maximum Gasteiger partial charge on any atom is 0.230 e. The number of fused-ring (bicyclic) bond motifs is 1. The monoisotopic (exact) mass is 429 g/mol. The lowest BCUT2D eigenvalue weighted by Crippen LogP contribution is -2.57. The van der Waals surface area contributed by atoms with Crippen LogP contribution in [0.1, 0.15) is 31.9 Å². The van der Waals surface area contributed by atoms with E-state index in [2.05, 4.69) is 43.4 Å².